The number of rotatable bonds is 5. The number of hydrogen-bond donors (Lipinski definition) is 2. The Hall–Kier alpha value is -1.90. The molecule has 0 aliphatic carbocycles. The molecule has 0 saturated heterocycles. The second-order valence-corrected chi connectivity index (χ2v) is 11.8. The molecule has 4 heteroatoms. The van der Waals surface area contributed by atoms with Crippen molar-refractivity contribution >= 4 is 18.7 Å². The molecule has 0 heterocycles. The third-order valence-corrected chi connectivity index (χ3v) is 9.47. The Kier molecular flexibility index (Phi) is 6.79. The van der Waals surface area contributed by atoms with Gasteiger partial charge in [0.2, 0.25) is 0 Å². The van der Waals surface area contributed by atoms with Crippen molar-refractivity contribution in [2.75, 3.05) is 6.61 Å². The van der Waals surface area contributed by atoms with Crippen LogP contribution in [-0.4, -0.2) is 37.3 Å². The van der Waals surface area contributed by atoms with Gasteiger partial charge in [0.25, 0.3) is 8.32 Å². The average molecular weight is 369 g/mol. The highest BCUT2D eigenvalue weighted by atomic mass is 28.4. The molecule has 26 heavy (non-hydrogen) atoms. The van der Waals surface area contributed by atoms with Crippen LogP contribution in [0.5, 0.6) is 0 Å². The molecule has 2 atom stereocenters. The maximum atomic E-state index is 9.68. The van der Waals surface area contributed by atoms with Crippen LogP contribution in [0.15, 0.2) is 60.7 Å². The molecule has 3 nitrogen and oxygen atoms in total. The monoisotopic (exact) mass is 368 g/mol. The molecule has 0 fully saturated rings. The molecule has 0 aliphatic rings. The Morgan fingerprint density at radius 2 is 1.38 bits per heavy atom. The first kappa shape index (κ1) is 20.4. The first-order valence-electron chi connectivity index (χ1n) is 8.88. The second kappa shape index (κ2) is 8.66. The van der Waals surface area contributed by atoms with Crippen molar-refractivity contribution in [3.63, 3.8) is 0 Å². The highest BCUT2D eigenvalue weighted by Gasteiger charge is 2.49. The van der Waals surface area contributed by atoms with Gasteiger partial charge in [0.05, 0.1) is 12.7 Å². The summed E-state index contributed by atoms with van der Waals surface area (Å²) in [6.07, 6.45) is -1.94. The zero-order chi connectivity index (χ0) is 19.2. The van der Waals surface area contributed by atoms with E-state index in [1.807, 2.05) is 36.4 Å². The molecule has 2 rings (SSSR count). The van der Waals surface area contributed by atoms with Crippen molar-refractivity contribution < 1.29 is 14.6 Å². The minimum atomic E-state index is -2.60. The van der Waals surface area contributed by atoms with Gasteiger partial charge in [0, 0.05) is 0 Å². The zero-order valence-corrected chi connectivity index (χ0v) is 16.9. The number of aliphatic hydroxyl groups is 2. The van der Waals surface area contributed by atoms with Gasteiger partial charge in [-0.15, -0.1) is 0 Å². The van der Waals surface area contributed by atoms with Crippen molar-refractivity contribution in [3.8, 4) is 11.8 Å². The van der Waals surface area contributed by atoms with Crippen LogP contribution in [-0.2, 0) is 4.43 Å². The first-order chi connectivity index (χ1) is 12.3. The van der Waals surface area contributed by atoms with Gasteiger partial charge in [-0.1, -0.05) is 93.3 Å². The fourth-order valence-electron chi connectivity index (χ4n) is 3.17. The lowest BCUT2D eigenvalue weighted by atomic mass is 10.2. The van der Waals surface area contributed by atoms with Gasteiger partial charge < -0.3 is 14.6 Å². The summed E-state index contributed by atoms with van der Waals surface area (Å²) in [5.41, 5.74) is 0. The lowest BCUT2D eigenvalue weighted by Gasteiger charge is -2.42. The Morgan fingerprint density at radius 1 is 0.923 bits per heavy atom. The van der Waals surface area contributed by atoms with E-state index in [0.717, 1.165) is 0 Å². The van der Waals surface area contributed by atoms with Crippen LogP contribution < -0.4 is 10.4 Å². The van der Waals surface area contributed by atoms with Crippen molar-refractivity contribution in [2.45, 2.75) is 44.9 Å². The topological polar surface area (TPSA) is 49.7 Å². The van der Waals surface area contributed by atoms with Gasteiger partial charge >= 0.3 is 0 Å². The van der Waals surface area contributed by atoms with Crippen LogP contribution in [0.25, 0.3) is 0 Å². The molecule has 2 N–H and O–H groups in total. The van der Waals surface area contributed by atoms with E-state index >= 15 is 0 Å². The third kappa shape index (κ3) is 4.43. The predicted molar refractivity (Wildman–Crippen MR) is 109 cm³/mol. The van der Waals surface area contributed by atoms with E-state index in [1.165, 1.54) is 17.3 Å². The smallest absolute Gasteiger partial charge is 0.262 e. The molecule has 138 valence electrons. The van der Waals surface area contributed by atoms with Gasteiger partial charge in [-0.25, -0.2) is 0 Å². The van der Waals surface area contributed by atoms with E-state index in [1.54, 1.807) is 0 Å². The summed E-state index contributed by atoms with van der Waals surface area (Å²) in [6, 6.07) is 20.7. The first-order valence-corrected chi connectivity index (χ1v) is 10.8. The quantitative estimate of drug-likeness (QED) is 0.629. The van der Waals surface area contributed by atoms with Crippen LogP contribution in [0.1, 0.15) is 27.7 Å². The summed E-state index contributed by atoms with van der Waals surface area (Å²) in [5.74, 6) is 5.55. The summed E-state index contributed by atoms with van der Waals surface area (Å²) < 4.78 is 6.57. The molecule has 0 aliphatic heterocycles. The molecule has 0 aromatic heterocycles. The molecule has 0 unspecified atom stereocenters. The predicted octanol–water partition coefficient (Wildman–Crippen LogP) is 2.31. The second-order valence-electron chi connectivity index (χ2n) is 7.46. The molecule has 0 saturated carbocycles. The van der Waals surface area contributed by atoms with Crippen molar-refractivity contribution in [2.24, 2.45) is 0 Å². The SMILES string of the molecule is C[C@@H](O)[C@H](O)C#CCO[Si](c1ccccc1)(c1ccccc1)C(C)(C)C. The fraction of sp³-hybridized carbons (Fsp3) is 0.364. The van der Waals surface area contributed by atoms with Crippen molar-refractivity contribution in [1.82, 2.24) is 0 Å². The van der Waals surface area contributed by atoms with E-state index in [2.05, 4.69) is 56.9 Å². The Morgan fingerprint density at radius 3 is 1.77 bits per heavy atom. The fourth-order valence-corrected chi connectivity index (χ4v) is 7.62. The van der Waals surface area contributed by atoms with E-state index in [-0.39, 0.29) is 11.6 Å². The Balaban J connectivity index is 2.47. The maximum absolute atomic E-state index is 9.68. The largest absolute Gasteiger partial charge is 0.396 e. The van der Waals surface area contributed by atoms with Gasteiger partial charge in [-0.3, -0.25) is 0 Å². The molecule has 2 aromatic carbocycles. The van der Waals surface area contributed by atoms with Crippen molar-refractivity contribution in [1.29, 1.82) is 0 Å². The summed E-state index contributed by atoms with van der Waals surface area (Å²) in [6.45, 7) is 8.34. The van der Waals surface area contributed by atoms with Crippen molar-refractivity contribution in [3.05, 3.63) is 60.7 Å². The Bertz CT molecular complexity index is 700. The molecule has 0 radical (unpaired) electrons. The van der Waals surface area contributed by atoms with E-state index in [9.17, 15) is 10.2 Å². The number of hydrogen-bond acceptors (Lipinski definition) is 3. The van der Waals surface area contributed by atoms with Crippen LogP contribution in [0.3, 0.4) is 0 Å². The number of benzene rings is 2. The van der Waals surface area contributed by atoms with Crippen LogP contribution in [0.2, 0.25) is 5.04 Å². The molecule has 0 bridgehead atoms. The molecular formula is C22H28O3Si. The average Bonchev–Trinajstić information content (AvgIpc) is 2.62. The van der Waals surface area contributed by atoms with Gasteiger partial charge in [0.1, 0.15) is 6.10 Å². The summed E-state index contributed by atoms with van der Waals surface area (Å²) in [5, 5.41) is 21.3. The highest BCUT2D eigenvalue weighted by Crippen LogP contribution is 2.36. The summed E-state index contributed by atoms with van der Waals surface area (Å²) >= 11 is 0. The summed E-state index contributed by atoms with van der Waals surface area (Å²) in [4.78, 5) is 0. The maximum Gasteiger partial charge on any atom is 0.262 e. The van der Waals surface area contributed by atoms with Gasteiger partial charge in [0.15, 0.2) is 0 Å². The molecule has 2 aromatic rings. The van der Waals surface area contributed by atoms with E-state index in [0.29, 0.717) is 0 Å². The zero-order valence-electron chi connectivity index (χ0n) is 15.9. The van der Waals surface area contributed by atoms with Crippen LogP contribution in [0.4, 0.5) is 0 Å². The molecule has 0 amide bonds. The lowest BCUT2D eigenvalue weighted by molar-refractivity contribution is 0.0676. The standard InChI is InChI=1S/C22H28O3Si/c1-18(23)21(24)16-11-17-25-26(22(2,3)4,19-12-7-5-8-13-19)20-14-9-6-10-15-20/h5-10,12-15,18,21,23-24H,17H2,1-4H3/t18-,21-/m1/s1. The number of aliphatic hydroxyl groups excluding tert-OH is 2. The van der Waals surface area contributed by atoms with Gasteiger partial charge in [-0.05, 0) is 22.3 Å². The van der Waals surface area contributed by atoms with E-state index < -0.39 is 20.5 Å². The minimum absolute atomic E-state index is 0.111. The van der Waals surface area contributed by atoms with Crippen LogP contribution in [0, 0.1) is 11.8 Å². The molecule has 0 spiro atoms. The summed E-state index contributed by atoms with van der Waals surface area (Å²) in [7, 11) is -2.60. The van der Waals surface area contributed by atoms with Gasteiger partial charge in [-0.2, -0.15) is 0 Å². The normalized spacial score (nSPS) is 14.2. The lowest BCUT2D eigenvalue weighted by Crippen LogP contribution is -2.66. The van der Waals surface area contributed by atoms with Crippen LogP contribution >= 0.6 is 0 Å². The third-order valence-electron chi connectivity index (χ3n) is 4.48. The minimum Gasteiger partial charge on any atom is -0.396 e. The highest BCUT2D eigenvalue weighted by molar-refractivity contribution is 6.99. The Labute approximate surface area is 157 Å². The molecular weight excluding hydrogens is 340 g/mol. The van der Waals surface area contributed by atoms with E-state index in [4.69, 9.17) is 4.43 Å².